The molecule has 0 bridgehead atoms. The van der Waals surface area contributed by atoms with Gasteiger partial charge in [0.1, 0.15) is 10.8 Å². The van der Waals surface area contributed by atoms with Crippen molar-refractivity contribution in [3.05, 3.63) is 76.5 Å². The van der Waals surface area contributed by atoms with Crippen molar-refractivity contribution in [3.63, 3.8) is 0 Å². The highest BCUT2D eigenvalue weighted by atomic mass is 32.1. The van der Waals surface area contributed by atoms with Gasteiger partial charge in [-0.05, 0) is 36.1 Å². The van der Waals surface area contributed by atoms with Gasteiger partial charge in [0.15, 0.2) is 0 Å². The Hall–Kier alpha value is -2.53. The zero-order valence-electron chi connectivity index (χ0n) is 14.7. The summed E-state index contributed by atoms with van der Waals surface area (Å²) in [5.41, 5.74) is 4.16. The van der Waals surface area contributed by atoms with Crippen LogP contribution in [0.1, 0.15) is 23.7 Å². The number of aromatic nitrogens is 1. The maximum absolute atomic E-state index is 12.9. The predicted molar refractivity (Wildman–Crippen MR) is 104 cm³/mol. The fraction of sp³-hybridized carbons (Fsp3) is 0.238. The lowest BCUT2D eigenvalue weighted by molar-refractivity contribution is -0.120. The highest BCUT2D eigenvalue weighted by Crippen LogP contribution is 2.24. The molecule has 3 rings (SSSR count). The van der Waals surface area contributed by atoms with Crippen LogP contribution in [0.3, 0.4) is 0 Å². The van der Waals surface area contributed by atoms with Crippen LogP contribution in [-0.2, 0) is 24.1 Å². The van der Waals surface area contributed by atoms with Gasteiger partial charge in [-0.1, -0.05) is 43.3 Å². The molecule has 1 N–H and O–H groups in total. The van der Waals surface area contributed by atoms with E-state index in [0.29, 0.717) is 13.0 Å². The van der Waals surface area contributed by atoms with Gasteiger partial charge in [0.25, 0.3) is 0 Å². The molecule has 5 heteroatoms. The highest BCUT2D eigenvalue weighted by molar-refractivity contribution is 7.13. The quantitative estimate of drug-likeness (QED) is 0.671. The van der Waals surface area contributed by atoms with Gasteiger partial charge in [-0.2, -0.15) is 0 Å². The molecular weight excluding hydrogens is 347 g/mol. The Labute approximate surface area is 156 Å². The van der Waals surface area contributed by atoms with E-state index in [-0.39, 0.29) is 18.1 Å². The molecule has 3 nitrogen and oxygen atoms in total. The van der Waals surface area contributed by atoms with Gasteiger partial charge in [0.2, 0.25) is 5.91 Å². The summed E-state index contributed by atoms with van der Waals surface area (Å²) in [4.78, 5) is 16.6. The summed E-state index contributed by atoms with van der Waals surface area (Å²) in [6, 6.07) is 14.7. The van der Waals surface area contributed by atoms with Crippen molar-refractivity contribution in [2.45, 2.75) is 26.2 Å². The molecule has 0 radical (unpaired) electrons. The van der Waals surface area contributed by atoms with Gasteiger partial charge in [-0.25, -0.2) is 9.37 Å². The number of rotatable bonds is 7. The molecule has 0 aliphatic heterocycles. The van der Waals surface area contributed by atoms with E-state index < -0.39 is 0 Å². The van der Waals surface area contributed by atoms with Crippen LogP contribution < -0.4 is 5.32 Å². The van der Waals surface area contributed by atoms with Crippen molar-refractivity contribution < 1.29 is 9.18 Å². The number of carbonyl (C=O) groups is 1. The van der Waals surface area contributed by atoms with Gasteiger partial charge in [-0.3, -0.25) is 4.79 Å². The van der Waals surface area contributed by atoms with E-state index in [2.05, 4.69) is 41.5 Å². The largest absolute Gasteiger partial charge is 0.355 e. The van der Waals surface area contributed by atoms with Gasteiger partial charge >= 0.3 is 0 Å². The summed E-state index contributed by atoms with van der Waals surface area (Å²) >= 11 is 1.55. The van der Waals surface area contributed by atoms with Gasteiger partial charge < -0.3 is 5.32 Å². The van der Waals surface area contributed by atoms with E-state index in [1.54, 1.807) is 23.5 Å². The van der Waals surface area contributed by atoms with Crippen LogP contribution in [0.2, 0.25) is 0 Å². The first-order valence-corrected chi connectivity index (χ1v) is 9.57. The summed E-state index contributed by atoms with van der Waals surface area (Å²) in [6.07, 6.45) is 1.96. The molecule has 0 fully saturated rings. The molecule has 134 valence electrons. The average molecular weight is 368 g/mol. The first-order valence-electron chi connectivity index (χ1n) is 8.69. The number of aryl methyl sites for hydroxylation is 1. The molecular formula is C21H21FN2OS. The van der Waals surface area contributed by atoms with Gasteiger partial charge in [0.05, 0.1) is 12.1 Å². The molecule has 0 unspecified atom stereocenters. The number of carbonyl (C=O) groups excluding carboxylic acids is 1. The second kappa shape index (κ2) is 8.72. The SMILES string of the molecule is CCc1ccc(-c2nc(CC(=O)NCCc3ccc(F)cc3)cs2)cc1. The molecule has 0 aliphatic rings. The third-order valence-electron chi connectivity index (χ3n) is 4.15. The fourth-order valence-electron chi connectivity index (χ4n) is 2.63. The lowest BCUT2D eigenvalue weighted by Crippen LogP contribution is -2.27. The maximum atomic E-state index is 12.9. The van der Waals surface area contributed by atoms with E-state index in [4.69, 9.17) is 0 Å². The monoisotopic (exact) mass is 368 g/mol. The van der Waals surface area contributed by atoms with Crippen LogP contribution in [-0.4, -0.2) is 17.4 Å². The number of benzene rings is 2. The summed E-state index contributed by atoms with van der Waals surface area (Å²) in [5.74, 6) is -0.299. The number of thiazole rings is 1. The van der Waals surface area contributed by atoms with E-state index in [0.717, 1.165) is 28.2 Å². The number of halogens is 1. The van der Waals surface area contributed by atoms with E-state index in [1.807, 2.05) is 5.38 Å². The second-order valence-electron chi connectivity index (χ2n) is 6.10. The molecule has 26 heavy (non-hydrogen) atoms. The zero-order chi connectivity index (χ0) is 18.4. The molecule has 1 amide bonds. The van der Waals surface area contributed by atoms with Crippen molar-refractivity contribution in [2.75, 3.05) is 6.54 Å². The molecule has 1 aromatic heterocycles. The number of nitrogens with zero attached hydrogens (tertiary/aromatic N) is 1. The third kappa shape index (κ3) is 4.99. The first-order chi connectivity index (χ1) is 12.6. The van der Waals surface area contributed by atoms with Crippen molar-refractivity contribution in [1.82, 2.24) is 10.3 Å². The number of amides is 1. The van der Waals surface area contributed by atoms with E-state index in [9.17, 15) is 9.18 Å². The van der Waals surface area contributed by atoms with Crippen LogP contribution in [0.4, 0.5) is 4.39 Å². The van der Waals surface area contributed by atoms with Crippen molar-refractivity contribution in [3.8, 4) is 10.6 Å². The van der Waals surface area contributed by atoms with Crippen LogP contribution >= 0.6 is 11.3 Å². The first kappa shape index (κ1) is 18.3. The molecule has 0 aliphatic carbocycles. The lowest BCUT2D eigenvalue weighted by Gasteiger charge is -2.04. The minimum absolute atomic E-state index is 0.0507. The van der Waals surface area contributed by atoms with Gasteiger partial charge in [-0.15, -0.1) is 11.3 Å². The van der Waals surface area contributed by atoms with Crippen molar-refractivity contribution >= 4 is 17.2 Å². The van der Waals surface area contributed by atoms with Crippen molar-refractivity contribution in [1.29, 1.82) is 0 Å². The smallest absolute Gasteiger partial charge is 0.226 e. The third-order valence-corrected chi connectivity index (χ3v) is 5.09. The average Bonchev–Trinajstić information content (AvgIpc) is 3.12. The summed E-state index contributed by atoms with van der Waals surface area (Å²) in [6.45, 7) is 2.66. The Balaban J connectivity index is 1.50. The summed E-state index contributed by atoms with van der Waals surface area (Å²) in [7, 11) is 0. The Bertz CT molecular complexity index is 856. The van der Waals surface area contributed by atoms with Crippen molar-refractivity contribution in [2.24, 2.45) is 0 Å². The highest BCUT2D eigenvalue weighted by Gasteiger charge is 2.09. The molecule has 1 heterocycles. The van der Waals surface area contributed by atoms with Gasteiger partial charge in [0, 0.05) is 17.5 Å². The van der Waals surface area contributed by atoms with Crippen LogP contribution in [0, 0.1) is 5.82 Å². The molecule has 0 saturated heterocycles. The minimum Gasteiger partial charge on any atom is -0.355 e. The van der Waals surface area contributed by atoms with Crippen LogP contribution in [0.15, 0.2) is 53.9 Å². The number of hydrogen-bond acceptors (Lipinski definition) is 3. The Morgan fingerprint density at radius 2 is 1.77 bits per heavy atom. The molecule has 3 aromatic rings. The molecule has 0 saturated carbocycles. The number of nitrogens with one attached hydrogen (secondary N) is 1. The molecule has 0 spiro atoms. The van der Waals surface area contributed by atoms with E-state index in [1.165, 1.54) is 17.7 Å². The standard InChI is InChI=1S/C21H21FN2OS/c1-2-15-3-7-17(8-4-15)21-24-19(14-26-21)13-20(25)23-12-11-16-5-9-18(22)10-6-16/h3-10,14H,2,11-13H2,1H3,(H,23,25). The molecule has 0 atom stereocenters. The molecule has 2 aromatic carbocycles. The lowest BCUT2D eigenvalue weighted by atomic mass is 10.1. The normalized spacial score (nSPS) is 10.7. The van der Waals surface area contributed by atoms with Crippen LogP contribution in [0.25, 0.3) is 10.6 Å². The topological polar surface area (TPSA) is 42.0 Å². The minimum atomic E-state index is -0.249. The summed E-state index contributed by atoms with van der Waals surface area (Å²) < 4.78 is 12.9. The number of hydrogen-bond donors (Lipinski definition) is 1. The van der Waals surface area contributed by atoms with Crippen LogP contribution in [0.5, 0.6) is 0 Å². The maximum Gasteiger partial charge on any atom is 0.226 e. The Morgan fingerprint density at radius 1 is 1.08 bits per heavy atom. The second-order valence-corrected chi connectivity index (χ2v) is 6.96. The summed E-state index contributed by atoms with van der Waals surface area (Å²) in [5, 5.41) is 5.76. The zero-order valence-corrected chi connectivity index (χ0v) is 15.5. The Morgan fingerprint density at radius 3 is 2.46 bits per heavy atom. The predicted octanol–water partition coefficient (Wildman–Crippen LogP) is 4.41. The Kier molecular flexibility index (Phi) is 6.12. The fourth-order valence-corrected chi connectivity index (χ4v) is 3.45. The van der Waals surface area contributed by atoms with E-state index >= 15 is 0 Å².